The summed E-state index contributed by atoms with van der Waals surface area (Å²) in [4.78, 5) is 41.2. The first-order valence-corrected chi connectivity index (χ1v) is 9.09. The van der Waals surface area contributed by atoms with E-state index >= 15 is 0 Å². The van der Waals surface area contributed by atoms with E-state index in [1.807, 2.05) is 0 Å². The predicted molar refractivity (Wildman–Crippen MR) is 95.8 cm³/mol. The Hall–Kier alpha value is -1.22. The standard InChI is InChI=1S/C14H13N5O5S2.K.H/c1-2-5-3-25-12-8(11(21)19(12)9(5)13(22)23)17-10(20)7(18-24)6-4-26-14(15)16-6;;/h2,4,8,12,24H,1,3H2,(H2,15,16)(H,17,20)(H,22,23);;/q;+1;-1/b18-7-;;/t8-,12-;;/m1../s1. The van der Waals surface area contributed by atoms with Gasteiger partial charge in [-0.1, -0.05) is 17.8 Å². The number of aromatic nitrogens is 1. The fourth-order valence-electron chi connectivity index (χ4n) is 2.62. The molecule has 10 nitrogen and oxygen atoms in total. The van der Waals surface area contributed by atoms with Gasteiger partial charge < -0.3 is 22.8 Å². The Bertz CT molecular complexity index is 889. The first kappa shape index (κ1) is 22.1. The average molecular weight is 436 g/mol. The number of β-lactam (4-membered cyclic amide) rings is 1. The van der Waals surface area contributed by atoms with Crippen molar-refractivity contribution in [2.75, 3.05) is 11.5 Å². The van der Waals surface area contributed by atoms with Crippen LogP contribution in [0.2, 0.25) is 0 Å². The summed E-state index contributed by atoms with van der Waals surface area (Å²) in [5.41, 5.74) is 5.49. The van der Waals surface area contributed by atoms with Crippen LogP contribution in [0.4, 0.5) is 5.13 Å². The molecule has 1 aromatic rings. The van der Waals surface area contributed by atoms with E-state index in [-0.39, 0.29) is 75.0 Å². The monoisotopic (exact) mass is 435 g/mol. The molecule has 0 bridgehead atoms. The third-order valence-electron chi connectivity index (χ3n) is 3.81. The number of carbonyl (C=O) groups excluding carboxylic acids is 2. The molecule has 0 unspecified atom stereocenters. The number of rotatable bonds is 5. The normalized spacial score (nSPS) is 21.7. The Morgan fingerprint density at radius 2 is 2.26 bits per heavy atom. The molecular formula is C14H14KN5O5S2. The largest absolute Gasteiger partial charge is 1.00 e. The number of oxime groups is 1. The molecule has 2 atom stereocenters. The van der Waals surface area contributed by atoms with Crippen molar-refractivity contribution in [3.63, 3.8) is 0 Å². The van der Waals surface area contributed by atoms with Crippen LogP contribution in [0.25, 0.3) is 0 Å². The Morgan fingerprint density at radius 3 is 2.78 bits per heavy atom. The van der Waals surface area contributed by atoms with Crippen LogP contribution < -0.4 is 62.4 Å². The SMILES string of the molecule is C=CC1=C(C(=O)O)N2C(=O)[C@@H](NC(=O)/C(=N\O)c3csc(N)n3)[C@H]2SC1.[H-].[K+]. The molecule has 3 heterocycles. The number of hydrogen-bond donors (Lipinski definition) is 4. The maximum absolute atomic E-state index is 12.4. The summed E-state index contributed by atoms with van der Waals surface area (Å²) in [5, 5.41) is 24.9. The third kappa shape index (κ3) is 3.99. The number of fused-ring (bicyclic) bond motifs is 1. The number of hydrogen-bond acceptors (Lipinski definition) is 9. The Labute approximate surface area is 205 Å². The molecule has 1 aromatic heterocycles. The topological polar surface area (TPSA) is 158 Å². The number of thiazole rings is 1. The minimum atomic E-state index is -1.24. The van der Waals surface area contributed by atoms with Gasteiger partial charge in [0.05, 0.1) is 0 Å². The molecule has 138 valence electrons. The number of nitrogen functional groups attached to an aromatic ring is 1. The van der Waals surface area contributed by atoms with Crippen molar-refractivity contribution in [3.8, 4) is 0 Å². The minimum absolute atomic E-state index is 0. The van der Waals surface area contributed by atoms with Crippen LogP contribution in [0.3, 0.4) is 0 Å². The number of carboxylic acid groups (broad SMARTS) is 1. The summed E-state index contributed by atoms with van der Waals surface area (Å²) >= 11 is 2.37. The predicted octanol–water partition coefficient (Wildman–Crippen LogP) is -3.06. The van der Waals surface area contributed by atoms with Gasteiger partial charge in [0.25, 0.3) is 11.8 Å². The summed E-state index contributed by atoms with van der Waals surface area (Å²) in [5.74, 6) is -2.27. The Balaban J connectivity index is 0.00000196. The van der Waals surface area contributed by atoms with Crippen molar-refractivity contribution < 1.29 is 77.5 Å². The zero-order valence-electron chi connectivity index (χ0n) is 15.1. The number of nitrogens with one attached hydrogen (secondary N) is 1. The second-order valence-electron chi connectivity index (χ2n) is 5.26. The van der Waals surface area contributed by atoms with Gasteiger partial charge in [-0.2, -0.15) is 0 Å². The van der Waals surface area contributed by atoms with E-state index in [1.54, 1.807) is 0 Å². The number of nitrogens with two attached hydrogens (primary N) is 1. The van der Waals surface area contributed by atoms with Gasteiger partial charge >= 0.3 is 57.4 Å². The first-order valence-electron chi connectivity index (χ1n) is 7.16. The molecule has 0 saturated carbocycles. The Morgan fingerprint density at radius 1 is 1.56 bits per heavy atom. The van der Waals surface area contributed by atoms with E-state index < -0.39 is 29.2 Å². The number of amides is 2. The molecule has 0 radical (unpaired) electrons. The summed E-state index contributed by atoms with van der Waals surface area (Å²) in [6, 6.07) is -0.944. The molecule has 13 heteroatoms. The van der Waals surface area contributed by atoms with Gasteiger partial charge in [0.1, 0.15) is 22.8 Å². The van der Waals surface area contributed by atoms with Gasteiger partial charge in [-0.25, -0.2) is 9.78 Å². The number of carboxylic acids is 1. The number of allylic oxidation sites excluding steroid dienone is 1. The number of thioether (sulfide) groups is 1. The molecule has 2 aliphatic heterocycles. The van der Waals surface area contributed by atoms with Gasteiger partial charge in [0, 0.05) is 11.1 Å². The van der Waals surface area contributed by atoms with Gasteiger partial charge in [-0.15, -0.1) is 23.1 Å². The first-order chi connectivity index (χ1) is 12.4. The maximum Gasteiger partial charge on any atom is 1.00 e. The van der Waals surface area contributed by atoms with Gasteiger partial charge in [-0.3, -0.25) is 14.5 Å². The van der Waals surface area contributed by atoms with Crippen LogP contribution in [0.15, 0.2) is 34.5 Å². The van der Waals surface area contributed by atoms with E-state index in [0.29, 0.717) is 11.3 Å². The van der Waals surface area contributed by atoms with Gasteiger partial charge in [0.15, 0.2) is 10.8 Å². The van der Waals surface area contributed by atoms with E-state index in [4.69, 9.17) is 10.9 Å². The van der Waals surface area contributed by atoms with Crippen LogP contribution >= 0.6 is 23.1 Å². The zero-order chi connectivity index (χ0) is 19.0. The second-order valence-corrected chi connectivity index (χ2v) is 7.26. The van der Waals surface area contributed by atoms with E-state index in [9.17, 15) is 19.5 Å². The quantitative estimate of drug-likeness (QED) is 0.125. The van der Waals surface area contributed by atoms with Crippen molar-refractivity contribution in [2.24, 2.45) is 5.16 Å². The second kappa shape index (κ2) is 8.85. The van der Waals surface area contributed by atoms with Gasteiger partial charge in [-0.05, 0) is 5.57 Å². The van der Waals surface area contributed by atoms with Crippen LogP contribution in [0, 0.1) is 0 Å². The summed E-state index contributed by atoms with van der Waals surface area (Å²) in [6.07, 6.45) is 1.40. The number of anilines is 1. The van der Waals surface area contributed by atoms with Crippen molar-refractivity contribution >= 4 is 51.7 Å². The van der Waals surface area contributed by atoms with Crippen molar-refractivity contribution in [2.45, 2.75) is 11.4 Å². The number of nitrogens with zero attached hydrogens (tertiary/aromatic N) is 3. The zero-order valence-corrected chi connectivity index (χ0v) is 18.8. The maximum atomic E-state index is 12.4. The van der Waals surface area contributed by atoms with Crippen molar-refractivity contribution in [1.29, 1.82) is 0 Å². The molecule has 0 spiro atoms. The summed E-state index contributed by atoms with van der Waals surface area (Å²) in [7, 11) is 0. The third-order valence-corrected chi connectivity index (χ3v) is 5.79. The molecule has 2 aliphatic rings. The smallest absolute Gasteiger partial charge is 1.00 e. The Kier molecular flexibility index (Phi) is 7.24. The van der Waals surface area contributed by atoms with Crippen molar-refractivity contribution in [3.05, 3.63) is 35.0 Å². The molecule has 2 amide bonds. The van der Waals surface area contributed by atoms with E-state index in [2.05, 4.69) is 22.0 Å². The molecule has 3 rings (SSSR count). The summed E-state index contributed by atoms with van der Waals surface area (Å²) < 4.78 is 0. The molecule has 0 aliphatic carbocycles. The van der Waals surface area contributed by atoms with Gasteiger partial charge in [0.2, 0.25) is 0 Å². The molecule has 27 heavy (non-hydrogen) atoms. The molecular weight excluding hydrogens is 421 g/mol. The fourth-order valence-corrected chi connectivity index (χ4v) is 4.51. The molecule has 1 fully saturated rings. The molecule has 5 N–H and O–H groups in total. The molecule has 1 saturated heterocycles. The summed E-state index contributed by atoms with van der Waals surface area (Å²) in [6.45, 7) is 3.56. The van der Waals surface area contributed by atoms with Crippen LogP contribution in [-0.4, -0.2) is 60.9 Å². The van der Waals surface area contributed by atoms with Crippen LogP contribution in [0.5, 0.6) is 0 Å². The minimum Gasteiger partial charge on any atom is -1.00 e. The van der Waals surface area contributed by atoms with E-state index in [1.165, 1.54) is 23.2 Å². The average Bonchev–Trinajstić information content (AvgIpc) is 3.04. The van der Waals surface area contributed by atoms with E-state index in [0.717, 1.165) is 16.2 Å². The van der Waals surface area contributed by atoms with Crippen molar-refractivity contribution in [1.82, 2.24) is 15.2 Å². The fraction of sp³-hybridized carbons (Fsp3) is 0.214. The number of aliphatic carboxylic acids is 1. The van der Waals surface area contributed by atoms with Crippen LogP contribution in [-0.2, 0) is 14.4 Å². The van der Waals surface area contributed by atoms with Crippen LogP contribution in [0.1, 0.15) is 7.12 Å². The number of carbonyl (C=O) groups is 3. The molecule has 0 aromatic carbocycles.